The minimum Gasteiger partial charge on any atom is -0.388 e. The van der Waals surface area contributed by atoms with Gasteiger partial charge in [0.15, 0.2) is 0 Å². The Labute approximate surface area is 89.4 Å². The van der Waals surface area contributed by atoms with E-state index in [9.17, 15) is 5.11 Å². The Morgan fingerprint density at radius 1 is 1.60 bits per heavy atom. The summed E-state index contributed by atoms with van der Waals surface area (Å²) in [6.45, 7) is 4.80. The van der Waals surface area contributed by atoms with Gasteiger partial charge in [-0.25, -0.2) is 0 Å². The number of nitrogens with two attached hydrogens (primary N) is 1. The van der Waals surface area contributed by atoms with Crippen molar-refractivity contribution >= 4 is 0 Å². The van der Waals surface area contributed by atoms with Crippen LogP contribution in [0, 0.1) is 5.41 Å². The average Bonchev–Trinajstić information content (AvgIpc) is 2.46. The molecule has 1 aliphatic carbocycles. The van der Waals surface area contributed by atoms with Crippen molar-refractivity contribution in [2.24, 2.45) is 11.1 Å². The van der Waals surface area contributed by atoms with E-state index in [-0.39, 0.29) is 5.41 Å². The fraction of sp³-hybridized carbons (Fsp3) is 0.727. The molecule has 0 bridgehead atoms. The van der Waals surface area contributed by atoms with Crippen molar-refractivity contribution in [1.82, 2.24) is 5.16 Å². The van der Waals surface area contributed by atoms with Crippen molar-refractivity contribution in [2.45, 2.75) is 39.2 Å². The molecule has 15 heavy (non-hydrogen) atoms. The lowest BCUT2D eigenvalue weighted by Gasteiger charge is -2.31. The predicted molar refractivity (Wildman–Crippen MR) is 56.3 cm³/mol. The van der Waals surface area contributed by atoms with Crippen molar-refractivity contribution in [2.75, 3.05) is 6.54 Å². The van der Waals surface area contributed by atoms with Crippen LogP contribution in [-0.4, -0.2) is 16.8 Å². The summed E-state index contributed by atoms with van der Waals surface area (Å²) in [6.07, 6.45) is 1.84. The maximum absolute atomic E-state index is 10.1. The first-order valence-corrected chi connectivity index (χ1v) is 5.39. The third-order valence-corrected chi connectivity index (χ3v) is 2.98. The van der Waals surface area contributed by atoms with Crippen molar-refractivity contribution in [3.8, 4) is 0 Å². The van der Waals surface area contributed by atoms with Crippen LogP contribution in [0.3, 0.4) is 0 Å². The molecule has 0 spiro atoms. The molecule has 3 N–H and O–H groups in total. The van der Waals surface area contributed by atoms with E-state index in [0.29, 0.717) is 13.0 Å². The van der Waals surface area contributed by atoms with Crippen LogP contribution in [0.25, 0.3) is 0 Å². The molecule has 1 atom stereocenters. The molecule has 1 unspecified atom stereocenters. The Morgan fingerprint density at radius 3 is 3.00 bits per heavy atom. The molecule has 4 nitrogen and oxygen atoms in total. The van der Waals surface area contributed by atoms with Gasteiger partial charge in [0.1, 0.15) is 5.76 Å². The van der Waals surface area contributed by atoms with Crippen LogP contribution in [0.1, 0.15) is 43.4 Å². The number of hydrogen-bond donors (Lipinski definition) is 2. The second kappa shape index (κ2) is 3.61. The van der Waals surface area contributed by atoms with Gasteiger partial charge < -0.3 is 15.4 Å². The van der Waals surface area contributed by atoms with Crippen molar-refractivity contribution < 1.29 is 9.63 Å². The Balaban J connectivity index is 2.34. The average molecular weight is 210 g/mol. The van der Waals surface area contributed by atoms with Crippen LogP contribution in [0.15, 0.2) is 4.52 Å². The van der Waals surface area contributed by atoms with Crippen LogP contribution >= 0.6 is 0 Å². The van der Waals surface area contributed by atoms with Crippen molar-refractivity contribution in [3.05, 3.63) is 17.0 Å². The molecule has 1 aliphatic rings. The number of rotatable bonds is 2. The van der Waals surface area contributed by atoms with Crippen LogP contribution < -0.4 is 5.73 Å². The molecule has 84 valence electrons. The van der Waals surface area contributed by atoms with E-state index < -0.39 is 6.10 Å². The standard InChI is InChI=1S/C11H18N2O2/c1-11(2)5-8(14)10-7(3-4-12)13-15-9(10)6-11/h8,14H,3-6,12H2,1-2H3. The fourth-order valence-electron chi connectivity index (χ4n) is 2.32. The Kier molecular flexibility index (Phi) is 2.56. The van der Waals surface area contributed by atoms with E-state index in [2.05, 4.69) is 19.0 Å². The minimum absolute atomic E-state index is 0.0892. The first-order chi connectivity index (χ1) is 7.03. The van der Waals surface area contributed by atoms with E-state index >= 15 is 0 Å². The zero-order chi connectivity index (χ0) is 11.1. The molecule has 0 amide bonds. The number of aliphatic hydroxyl groups is 1. The summed E-state index contributed by atoms with van der Waals surface area (Å²) in [5.41, 5.74) is 7.30. The lowest BCUT2D eigenvalue weighted by molar-refractivity contribution is 0.0917. The van der Waals surface area contributed by atoms with Gasteiger partial charge in [0.25, 0.3) is 0 Å². The zero-order valence-electron chi connectivity index (χ0n) is 9.29. The van der Waals surface area contributed by atoms with Gasteiger partial charge in [0, 0.05) is 18.4 Å². The highest BCUT2D eigenvalue weighted by Crippen LogP contribution is 2.41. The highest BCUT2D eigenvalue weighted by Gasteiger charge is 2.36. The molecule has 1 aromatic rings. The van der Waals surface area contributed by atoms with Crippen LogP contribution in [0.2, 0.25) is 0 Å². The van der Waals surface area contributed by atoms with E-state index in [4.69, 9.17) is 10.3 Å². The fourth-order valence-corrected chi connectivity index (χ4v) is 2.32. The normalized spacial score (nSPS) is 23.9. The molecule has 0 aromatic carbocycles. The molecule has 0 saturated heterocycles. The van der Waals surface area contributed by atoms with Gasteiger partial charge in [-0.1, -0.05) is 19.0 Å². The summed E-state index contributed by atoms with van der Waals surface area (Å²) >= 11 is 0. The van der Waals surface area contributed by atoms with E-state index in [1.807, 2.05) is 0 Å². The highest BCUT2D eigenvalue weighted by molar-refractivity contribution is 5.29. The number of fused-ring (bicyclic) bond motifs is 1. The molecule has 2 rings (SSSR count). The quantitative estimate of drug-likeness (QED) is 0.769. The molecular weight excluding hydrogens is 192 g/mol. The van der Waals surface area contributed by atoms with Crippen LogP contribution in [-0.2, 0) is 12.8 Å². The highest BCUT2D eigenvalue weighted by atomic mass is 16.5. The molecule has 0 aliphatic heterocycles. The van der Waals surface area contributed by atoms with Crippen LogP contribution in [0.5, 0.6) is 0 Å². The van der Waals surface area contributed by atoms with E-state index in [1.165, 1.54) is 0 Å². The topological polar surface area (TPSA) is 72.3 Å². The van der Waals surface area contributed by atoms with Crippen LogP contribution in [0.4, 0.5) is 0 Å². The molecule has 0 saturated carbocycles. The summed E-state index contributed by atoms with van der Waals surface area (Å²) in [4.78, 5) is 0. The predicted octanol–water partition coefficient (Wildman–Crippen LogP) is 1.18. The van der Waals surface area contributed by atoms with Crippen molar-refractivity contribution in [1.29, 1.82) is 0 Å². The van der Waals surface area contributed by atoms with E-state index in [0.717, 1.165) is 29.9 Å². The number of aromatic nitrogens is 1. The Morgan fingerprint density at radius 2 is 2.33 bits per heavy atom. The van der Waals surface area contributed by atoms with E-state index in [1.54, 1.807) is 0 Å². The SMILES string of the molecule is CC1(C)Cc2onc(CCN)c2C(O)C1. The summed E-state index contributed by atoms with van der Waals surface area (Å²) in [5, 5.41) is 14.0. The summed E-state index contributed by atoms with van der Waals surface area (Å²) in [7, 11) is 0. The zero-order valence-corrected chi connectivity index (χ0v) is 9.29. The molecule has 0 radical (unpaired) electrons. The molecule has 0 fully saturated rings. The minimum atomic E-state index is -0.448. The summed E-state index contributed by atoms with van der Waals surface area (Å²) in [5.74, 6) is 0.835. The number of hydrogen-bond acceptors (Lipinski definition) is 4. The van der Waals surface area contributed by atoms with Gasteiger partial charge in [0.05, 0.1) is 11.8 Å². The second-order valence-electron chi connectivity index (χ2n) is 5.07. The van der Waals surface area contributed by atoms with Gasteiger partial charge in [-0.3, -0.25) is 0 Å². The molecular formula is C11H18N2O2. The van der Waals surface area contributed by atoms with Gasteiger partial charge >= 0.3 is 0 Å². The van der Waals surface area contributed by atoms with Crippen molar-refractivity contribution in [3.63, 3.8) is 0 Å². The van der Waals surface area contributed by atoms with Gasteiger partial charge in [-0.05, 0) is 18.4 Å². The number of nitrogens with zero attached hydrogens (tertiary/aromatic N) is 1. The second-order valence-corrected chi connectivity index (χ2v) is 5.07. The Bertz CT molecular complexity index is 357. The maximum Gasteiger partial charge on any atom is 0.143 e. The lowest BCUT2D eigenvalue weighted by Crippen LogP contribution is -2.25. The summed E-state index contributed by atoms with van der Waals surface area (Å²) < 4.78 is 5.28. The third-order valence-electron chi connectivity index (χ3n) is 2.98. The molecule has 1 aromatic heterocycles. The van der Waals surface area contributed by atoms with Gasteiger partial charge in [-0.2, -0.15) is 0 Å². The first kappa shape index (κ1) is 10.6. The van der Waals surface area contributed by atoms with Gasteiger partial charge in [-0.15, -0.1) is 0 Å². The maximum atomic E-state index is 10.1. The summed E-state index contributed by atoms with van der Waals surface area (Å²) in [6, 6.07) is 0. The Hall–Kier alpha value is -0.870. The first-order valence-electron chi connectivity index (χ1n) is 5.39. The smallest absolute Gasteiger partial charge is 0.143 e. The van der Waals surface area contributed by atoms with Gasteiger partial charge in [0.2, 0.25) is 0 Å². The number of aliphatic hydroxyl groups excluding tert-OH is 1. The third kappa shape index (κ3) is 1.92. The molecule has 1 heterocycles. The largest absolute Gasteiger partial charge is 0.388 e. The monoisotopic (exact) mass is 210 g/mol. The lowest BCUT2D eigenvalue weighted by atomic mass is 9.75. The molecule has 4 heteroatoms.